The van der Waals surface area contributed by atoms with Crippen LogP contribution in [0.5, 0.6) is 5.75 Å². The lowest BCUT2D eigenvalue weighted by atomic mass is 10.1. The van der Waals surface area contributed by atoms with Gasteiger partial charge in [-0.15, -0.1) is 0 Å². The molecule has 2 aromatic heterocycles. The minimum absolute atomic E-state index is 0.0395. The van der Waals surface area contributed by atoms with Crippen molar-refractivity contribution in [3.05, 3.63) is 81.7 Å². The Kier molecular flexibility index (Phi) is 7.10. The highest BCUT2D eigenvalue weighted by atomic mass is 16.5. The normalized spacial score (nSPS) is 11.6. The number of carbonyl (C=O) groups excluding carboxylic acids is 3. The fourth-order valence-corrected chi connectivity index (χ4v) is 3.77. The lowest BCUT2D eigenvalue weighted by Gasteiger charge is -2.16. The van der Waals surface area contributed by atoms with Crippen LogP contribution < -0.4 is 21.2 Å². The third-order valence-corrected chi connectivity index (χ3v) is 5.50. The van der Waals surface area contributed by atoms with E-state index in [4.69, 9.17) is 24.0 Å². The third kappa shape index (κ3) is 4.94. The van der Waals surface area contributed by atoms with E-state index in [1.165, 1.54) is 13.8 Å². The van der Waals surface area contributed by atoms with Crippen molar-refractivity contribution in [2.75, 3.05) is 11.9 Å². The molecule has 190 valence electrons. The molecule has 0 fully saturated rings. The molecule has 2 aromatic carbocycles. The van der Waals surface area contributed by atoms with Crippen LogP contribution in [-0.4, -0.2) is 30.5 Å². The summed E-state index contributed by atoms with van der Waals surface area (Å²) in [7, 11) is 0. The number of amides is 2. The van der Waals surface area contributed by atoms with E-state index >= 15 is 0 Å². The number of hydrogen-bond donors (Lipinski definition) is 2. The van der Waals surface area contributed by atoms with E-state index in [1.807, 2.05) is 6.07 Å². The number of carbonyl (C=O) groups is 3. The highest BCUT2D eigenvalue weighted by molar-refractivity contribution is 6.10. The van der Waals surface area contributed by atoms with Crippen LogP contribution in [0.3, 0.4) is 0 Å². The van der Waals surface area contributed by atoms with E-state index < -0.39 is 29.3 Å². The van der Waals surface area contributed by atoms with Crippen LogP contribution in [0, 0.1) is 6.92 Å². The fraction of sp³-hybridized carbons (Fsp3) is 0.185. The van der Waals surface area contributed by atoms with E-state index in [1.54, 1.807) is 55.5 Å². The van der Waals surface area contributed by atoms with Gasteiger partial charge in [0, 0.05) is 5.56 Å². The molecule has 2 amide bonds. The van der Waals surface area contributed by atoms with Crippen LogP contribution in [0.4, 0.5) is 5.88 Å². The summed E-state index contributed by atoms with van der Waals surface area (Å²) in [6.07, 6.45) is -1.25. The first-order valence-electron chi connectivity index (χ1n) is 11.4. The lowest BCUT2D eigenvalue weighted by Crippen LogP contribution is -2.32. The van der Waals surface area contributed by atoms with E-state index in [0.29, 0.717) is 11.1 Å². The summed E-state index contributed by atoms with van der Waals surface area (Å²) < 4.78 is 22.2. The molecule has 0 aliphatic carbocycles. The van der Waals surface area contributed by atoms with Gasteiger partial charge >= 0.3 is 5.97 Å². The summed E-state index contributed by atoms with van der Waals surface area (Å²) in [6, 6.07) is 15.5. The van der Waals surface area contributed by atoms with Crippen LogP contribution in [-0.2, 0) is 9.53 Å². The maximum absolute atomic E-state index is 13.3. The highest BCUT2D eigenvalue weighted by Gasteiger charge is 2.31. The first-order valence-corrected chi connectivity index (χ1v) is 11.4. The molecule has 0 aliphatic rings. The molecule has 0 bridgehead atoms. The topological polar surface area (TPSA) is 151 Å². The van der Waals surface area contributed by atoms with E-state index in [-0.39, 0.29) is 46.3 Å². The quantitative estimate of drug-likeness (QED) is 0.341. The number of ether oxygens (including phenoxy) is 2. The number of aryl methyl sites for hydroxylation is 1. The second-order valence-electron chi connectivity index (χ2n) is 8.02. The monoisotopic (exact) mass is 504 g/mol. The molecule has 0 radical (unpaired) electrons. The molecule has 4 aromatic rings. The van der Waals surface area contributed by atoms with E-state index in [2.05, 4.69) is 5.32 Å². The van der Waals surface area contributed by atoms with Gasteiger partial charge < -0.3 is 24.0 Å². The molecular weight excluding hydrogens is 480 g/mol. The molecule has 0 aliphatic heterocycles. The summed E-state index contributed by atoms with van der Waals surface area (Å²) in [5.41, 5.74) is 5.42. The van der Waals surface area contributed by atoms with Crippen molar-refractivity contribution in [1.29, 1.82) is 0 Å². The SMILES string of the molecule is CCOC(=O)c1c(C)oc(NC(=O)C(C)Oc2c(-c3ccccc3)oc3ccccc3c2=O)c1C(N)=O. The first-order chi connectivity index (χ1) is 17.7. The van der Waals surface area contributed by atoms with Gasteiger partial charge in [0.15, 0.2) is 11.9 Å². The third-order valence-electron chi connectivity index (χ3n) is 5.50. The van der Waals surface area contributed by atoms with Crippen molar-refractivity contribution in [2.24, 2.45) is 5.73 Å². The standard InChI is InChI=1S/C27H24N2O8/c1-4-34-27(33)19-14(2)36-26(20(19)24(28)31)29-25(32)15(3)35-23-21(30)17-12-8-9-13-18(17)37-22(23)16-10-6-5-7-11-16/h5-13,15H,4H2,1-3H3,(H2,28,31)(H,29,32). The van der Waals surface area contributed by atoms with Crippen LogP contribution >= 0.6 is 0 Å². The molecular formula is C27H24N2O8. The zero-order valence-electron chi connectivity index (χ0n) is 20.3. The fourth-order valence-electron chi connectivity index (χ4n) is 3.77. The van der Waals surface area contributed by atoms with Gasteiger partial charge in [-0.25, -0.2) is 4.79 Å². The van der Waals surface area contributed by atoms with Gasteiger partial charge in [0.1, 0.15) is 22.5 Å². The Hall–Kier alpha value is -4.86. The molecule has 0 saturated carbocycles. The number of benzene rings is 2. The van der Waals surface area contributed by atoms with Gasteiger partial charge in [-0.05, 0) is 32.9 Å². The van der Waals surface area contributed by atoms with Gasteiger partial charge in [-0.1, -0.05) is 42.5 Å². The molecule has 0 spiro atoms. The van der Waals surface area contributed by atoms with Gasteiger partial charge in [-0.2, -0.15) is 0 Å². The summed E-state index contributed by atoms with van der Waals surface area (Å²) >= 11 is 0. The lowest BCUT2D eigenvalue weighted by molar-refractivity contribution is -0.122. The second-order valence-corrected chi connectivity index (χ2v) is 8.02. The maximum atomic E-state index is 13.3. The summed E-state index contributed by atoms with van der Waals surface area (Å²) in [5, 5.41) is 2.69. The predicted molar refractivity (Wildman–Crippen MR) is 135 cm³/mol. The Morgan fingerprint density at radius 3 is 2.35 bits per heavy atom. The summed E-state index contributed by atoms with van der Waals surface area (Å²) in [4.78, 5) is 50.8. The number of furan rings is 1. The molecule has 4 rings (SSSR count). The van der Waals surface area contributed by atoms with Crippen LogP contribution in [0.1, 0.15) is 40.3 Å². The highest BCUT2D eigenvalue weighted by Crippen LogP contribution is 2.32. The molecule has 37 heavy (non-hydrogen) atoms. The smallest absolute Gasteiger partial charge is 0.342 e. The number of rotatable bonds is 8. The number of hydrogen-bond acceptors (Lipinski definition) is 8. The maximum Gasteiger partial charge on any atom is 0.342 e. The second kappa shape index (κ2) is 10.4. The summed E-state index contributed by atoms with van der Waals surface area (Å²) in [6.45, 7) is 4.50. The van der Waals surface area contributed by atoms with Crippen molar-refractivity contribution in [3.8, 4) is 17.1 Å². The minimum atomic E-state index is -1.25. The van der Waals surface area contributed by atoms with Crippen molar-refractivity contribution in [2.45, 2.75) is 26.9 Å². The molecule has 10 nitrogen and oxygen atoms in total. The van der Waals surface area contributed by atoms with E-state index in [0.717, 1.165) is 0 Å². The van der Waals surface area contributed by atoms with Crippen LogP contribution in [0.25, 0.3) is 22.3 Å². The van der Waals surface area contributed by atoms with Gasteiger partial charge in [0.05, 0.1) is 12.0 Å². The number of primary amides is 1. The molecule has 2 heterocycles. The molecule has 10 heteroatoms. The minimum Gasteiger partial charge on any atom is -0.473 e. The number of nitrogens with one attached hydrogen (secondary N) is 1. The van der Waals surface area contributed by atoms with Crippen LogP contribution in [0.2, 0.25) is 0 Å². The summed E-state index contributed by atoms with van der Waals surface area (Å²) in [5.74, 6) is -2.88. The molecule has 1 atom stereocenters. The van der Waals surface area contributed by atoms with Crippen molar-refractivity contribution in [3.63, 3.8) is 0 Å². The van der Waals surface area contributed by atoms with Crippen molar-refractivity contribution >= 4 is 34.6 Å². The number of fused-ring (bicyclic) bond motifs is 1. The number of nitrogens with two attached hydrogens (primary N) is 1. The van der Waals surface area contributed by atoms with Crippen molar-refractivity contribution in [1.82, 2.24) is 0 Å². The average molecular weight is 504 g/mol. The largest absolute Gasteiger partial charge is 0.473 e. The van der Waals surface area contributed by atoms with Gasteiger partial charge in [-0.3, -0.25) is 19.7 Å². The molecule has 1 unspecified atom stereocenters. The average Bonchev–Trinajstić information content (AvgIpc) is 3.21. The van der Waals surface area contributed by atoms with Crippen LogP contribution in [0.15, 0.2) is 68.2 Å². The Balaban J connectivity index is 1.69. The number of anilines is 1. The molecule has 0 saturated heterocycles. The number of para-hydroxylation sites is 1. The van der Waals surface area contributed by atoms with Crippen molar-refractivity contribution < 1.29 is 32.7 Å². The zero-order valence-corrected chi connectivity index (χ0v) is 20.3. The Bertz CT molecular complexity index is 1550. The zero-order chi connectivity index (χ0) is 26.7. The number of esters is 1. The van der Waals surface area contributed by atoms with Gasteiger partial charge in [0.25, 0.3) is 11.8 Å². The predicted octanol–water partition coefficient (Wildman–Crippen LogP) is 4.04. The Morgan fingerprint density at radius 1 is 1.00 bits per heavy atom. The van der Waals surface area contributed by atoms with Gasteiger partial charge in [0.2, 0.25) is 17.1 Å². The Morgan fingerprint density at radius 2 is 1.68 bits per heavy atom. The Labute approximate surface area is 211 Å². The molecule has 3 N–H and O–H groups in total. The van der Waals surface area contributed by atoms with E-state index in [9.17, 15) is 19.2 Å². The first kappa shape index (κ1) is 25.2.